The molecule has 0 radical (unpaired) electrons. The maximum absolute atomic E-state index is 13.0. The lowest BCUT2D eigenvalue weighted by Gasteiger charge is -2.03. The Hall–Kier alpha value is -2.81. The molecule has 0 unspecified atom stereocenters. The molecule has 3 rings (SSSR count). The highest BCUT2D eigenvalue weighted by molar-refractivity contribution is 7.98. The van der Waals surface area contributed by atoms with Crippen molar-refractivity contribution in [2.24, 2.45) is 0 Å². The molecule has 124 valence electrons. The van der Waals surface area contributed by atoms with Crippen molar-refractivity contribution in [3.8, 4) is 11.4 Å². The van der Waals surface area contributed by atoms with Gasteiger partial charge in [-0.15, -0.1) is 10.2 Å². The van der Waals surface area contributed by atoms with Crippen LogP contribution in [0, 0.1) is 5.82 Å². The number of nitrogens with zero attached hydrogens (tertiary/aromatic N) is 3. The number of nitrogens with two attached hydrogens (primary N) is 1. The third-order valence-electron chi connectivity index (χ3n) is 3.16. The highest BCUT2D eigenvalue weighted by atomic mass is 32.2. The van der Waals surface area contributed by atoms with Crippen LogP contribution in [0.4, 0.5) is 4.39 Å². The van der Waals surface area contributed by atoms with Crippen molar-refractivity contribution in [1.29, 1.82) is 0 Å². The van der Waals surface area contributed by atoms with Gasteiger partial charge in [0, 0.05) is 5.56 Å². The van der Waals surface area contributed by atoms with E-state index in [4.69, 9.17) is 10.3 Å². The quantitative estimate of drug-likeness (QED) is 0.430. The van der Waals surface area contributed by atoms with Crippen LogP contribution in [0.1, 0.15) is 16.3 Å². The fourth-order valence-electron chi connectivity index (χ4n) is 1.97. The Morgan fingerprint density at radius 1 is 1.29 bits per heavy atom. The van der Waals surface area contributed by atoms with Crippen LogP contribution in [0.15, 0.2) is 46.0 Å². The molecule has 0 aliphatic heterocycles. The molecule has 0 fully saturated rings. The smallest absolute Gasteiger partial charge is 0.373 e. The van der Waals surface area contributed by atoms with Crippen molar-refractivity contribution in [1.82, 2.24) is 14.9 Å². The molecule has 3 aromatic rings. The number of esters is 1. The van der Waals surface area contributed by atoms with Crippen LogP contribution < -0.4 is 5.84 Å². The molecule has 0 amide bonds. The lowest BCUT2D eigenvalue weighted by atomic mass is 10.2. The van der Waals surface area contributed by atoms with Gasteiger partial charge in [-0.3, -0.25) is 0 Å². The average Bonchev–Trinajstić information content (AvgIpc) is 3.20. The number of hydrogen-bond acceptors (Lipinski definition) is 7. The first kappa shape index (κ1) is 16.1. The molecule has 0 bridgehead atoms. The lowest BCUT2D eigenvalue weighted by Crippen LogP contribution is -2.11. The van der Waals surface area contributed by atoms with Crippen LogP contribution in [0.2, 0.25) is 0 Å². The van der Waals surface area contributed by atoms with Gasteiger partial charge in [0.25, 0.3) is 0 Å². The van der Waals surface area contributed by atoms with Crippen LogP contribution in [-0.2, 0) is 10.5 Å². The SMILES string of the molecule is COC(=O)c1ccc(CSc2nnc(-c3ccc(F)cc3)n2N)o1. The number of furan rings is 1. The normalized spacial score (nSPS) is 10.8. The van der Waals surface area contributed by atoms with Crippen LogP contribution in [0.3, 0.4) is 0 Å². The van der Waals surface area contributed by atoms with Crippen LogP contribution >= 0.6 is 11.8 Å². The first-order chi connectivity index (χ1) is 11.6. The van der Waals surface area contributed by atoms with Gasteiger partial charge < -0.3 is 15.0 Å². The second-order valence-electron chi connectivity index (χ2n) is 4.73. The molecule has 0 saturated carbocycles. The summed E-state index contributed by atoms with van der Waals surface area (Å²) < 4.78 is 24.2. The number of benzene rings is 1. The molecule has 7 nitrogen and oxygen atoms in total. The summed E-state index contributed by atoms with van der Waals surface area (Å²) in [7, 11) is 1.28. The van der Waals surface area contributed by atoms with E-state index in [1.807, 2.05) is 0 Å². The Balaban J connectivity index is 1.71. The maximum Gasteiger partial charge on any atom is 0.373 e. The molecule has 0 spiro atoms. The number of aromatic nitrogens is 3. The zero-order valence-electron chi connectivity index (χ0n) is 12.6. The van der Waals surface area contributed by atoms with Gasteiger partial charge in [0.05, 0.1) is 12.9 Å². The van der Waals surface area contributed by atoms with Crippen LogP contribution in [0.25, 0.3) is 11.4 Å². The maximum atomic E-state index is 13.0. The van der Waals surface area contributed by atoms with E-state index in [1.165, 1.54) is 35.7 Å². The fourth-order valence-corrected chi connectivity index (χ4v) is 2.72. The number of thioether (sulfide) groups is 1. The summed E-state index contributed by atoms with van der Waals surface area (Å²) in [6, 6.07) is 9.02. The summed E-state index contributed by atoms with van der Waals surface area (Å²) >= 11 is 1.30. The summed E-state index contributed by atoms with van der Waals surface area (Å²) in [5, 5.41) is 8.49. The van der Waals surface area contributed by atoms with Crippen molar-refractivity contribution in [2.75, 3.05) is 13.0 Å². The molecule has 2 aromatic heterocycles. The van der Waals surface area contributed by atoms with E-state index in [1.54, 1.807) is 24.3 Å². The third kappa shape index (κ3) is 3.25. The van der Waals surface area contributed by atoms with Crippen LogP contribution in [-0.4, -0.2) is 28.0 Å². The third-order valence-corrected chi connectivity index (χ3v) is 4.12. The van der Waals surface area contributed by atoms with E-state index in [2.05, 4.69) is 14.9 Å². The van der Waals surface area contributed by atoms with Crippen molar-refractivity contribution in [3.05, 3.63) is 53.7 Å². The van der Waals surface area contributed by atoms with Gasteiger partial charge in [-0.05, 0) is 36.4 Å². The first-order valence-corrected chi connectivity index (χ1v) is 7.83. The van der Waals surface area contributed by atoms with Crippen molar-refractivity contribution in [2.45, 2.75) is 10.9 Å². The Morgan fingerprint density at radius 3 is 2.75 bits per heavy atom. The number of methoxy groups -OCH3 is 1. The standard InChI is InChI=1S/C15H13FN4O3S/c1-22-14(21)12-7-6-11(23-12)8-24-15-19-18-13(20(15)17)9-2-4-10(16)5-3-9/h2-7H,8,17H2,1H3. The molecule has 9 heteroatoms. The van der Waals surface area contributed by atoms with E-state index in [-0.39, 0.29) is 11.6 Å². The predicted molar refractivity (Wildman–Crippen MR) is 85.2 cm³/mol. The second-order valence-corrected chi connectivity index (χ2v) is 5.67. The summed E-state index contributed by atoms with van der Waals surface area (Å²) in [6.45, 7) is 0. The molecule has 0 saturated heterocycles. The first-order valence-electron chi connectivity index (χ1n) is 6.84. The summed E-state index contributed by atoms with van der Waals surface area (Å²) in [5.74, 6) is 6.66. The molecule has 0 aliphatic carbocycles. The molecule has 0 aliphatic rings. The lowest BCUT2D eigenvalue weighted by molar-refractivity contribution is 0.0563. The Labute approximate surface area is 140 Å². The topological polar surface area (TPSA) is 96.2 Å². The van der Waals surface area contributed by atoms with Gasteiger partial charge in [0.1, 0.15) is 11.6 Å². The highest BCUT2D eigenvalue weighted by Gasteiger charge is 2.15. The largest absolute Gasteiger partial charge is 0.463 e. The number of ether oxygens (including phenoxy) is 1. The van der Waals surface area contributed by atoms with Gasteiger partial charge in [0.2, 0.25) is 10.9 Å². The summed E-state index contributed by atoms with van der Waals surface area (Å²) in [6.07, 6.45) is 0. The van der Waals surface area contributed by atoms with Crippen molar-refractivity contribution in [3.63, 3.8) is 0 Å². The van der Waals surface area contributed by atoms with E-state index in [9.17, 15) is 9.18 Å². The molecule has 0 atom stereocenters. The molecule has 2 N–H and O–H groups in total. The number of nitrogen functional groups attached to an aromatic ring is 1. The Morgan fingerprint density at radius 2 is 2.04 bits per heavy atom. The number of rotatable bonds is 5. The van der Waals surface area contributed by atoms with Gasteiger partial charge in [-0.25, -0.2) is 13.9 Å². The Kier molecular flexibility index (Phi) is 4.52. The predicted octanol–water partition coefficient (Wildman–Crippen LogP) is 2.47. The summed E-state index contributed by atoms with van der Waals surface area (Å²) in [5.41, 5.74) is 0.657. The molecular weight excluding hydrogens is 335 g/mol. The summed E-state index contributed by atoms with van der Waals surface area (Å²) in [4.78, 5) is 11.3. The van der Waals surface area contributed by atoms with E-state index in [0.29, 0.717) is 28.1 Å². The molecular formula is C15H13FN4O3S. The van der Waals surface area contributed by atoms with Gasteiger partial charge in [-0.2, -0.15) is 0 Å². The Bertz CT molecular complexity index is 860. The molecule has 2 heterocycles. The number of hydrogen-bond donors (Lipinski definition) is 1. The highest BCUT2D eigenvalue weighted by Crippen LogP contribution is 2.25. The minimum Gasteiger partial charge on any atom is -0.463 e. The van der Waals surface area contributed by atoms with Crippen molar-refractivity contribution < 1.29 is 18.3 Å². The minimum atomic E-state index is -0.535. The van der Waals surface area contributed by atoms with E-state index < -0.39 is 5.97 Å². The van der Waals surface area contributed by atoms with Gasteiger partial charge in [-0.1, -0.05) is 11.8 Å². The molecule has 24 heavy (non-hydrogen) atoms. The van der Waals surface area contributed by atoms with E-state index in [0.717, 1.165) is 0 Å². The zero-order valence-corrected chi connectivity index (χ0v) is 13.4. The van der Waals surface area contributed by atoms with E-state index >= 15 is 0 Å². The number of carbonyl (C=O) groups is 1. The second kappa shape index (κ2) is 6.75. The van der Waals surface area contributed by atoms with Gasteiger partial charge >= 0.3 is 5.97 Å². The average molecular weight is 348 g/mol. The number of halogens is 1. The minimum absolute atomic E-state index is 0.134. The zero-order chi connectivity index (χ0) is 17.1. The van der Waals surface area contributed by atoms with Crippen molar-refractivity contribution >= 4 is 17.7 Å². The monoisotopic (exact) mass is 348 g/mol. The molecule has 1 aromatic carbocycles. The van der Waals surface area contributed by atoms with Gasteiger partial charge in [0.15, 0.2) is 5.82 Å². The van der Waals surface area contributed by atoms with Crippen LogP contribution in [0.5, 0.6) is 0 Å². The fraction of sp³-hybridized carbons (Fsp3) is 0.133. The number of carbonyl (C=O) groups excluding carboxylic acids is 1.